The first-order chi connectivity index (χ1) is 10.3. The van der Waals surface area contributed by atoms with E-state index in [1.165, 1.54) is 51.6 Å². The molecule has 0 aromatic heterocycles. The van der Waals surface area contributed by atoms with Gasteiger partial charge in [0.25, 0.3) is 0 Å². The number of fused-ring (bicyclic) bond motifs is 6. The molecule has 3 nitrogen and oxygen atoms in total. The molecule has 116 valence electrons. The summed E-state index contributed by atoms with van der Waals surface area (Å²) in [6, 6.07) is 1.42. The van der Waals surface area contributed by atoms with Crippen LogP contribution in [0.15, 0.2) is 11.6 Å². The van der Waals surface area contributed by atoms with Crippen molar-refractivity contribution in [3.63, 3.8) is 0 Å². The van der Waals surface area contributed by atoms with Gasteiger partial charge in [0.2, 0.25) is 0 Å². The van der Waals surface area contributed by atoms with Crippen LogP contribution in [0, 0.1) is 11.8 Å². The second-order valence-corrected chi connectivity index (χ2v) is 7.64. The van der Waals surface area contributed by atoms with Crippen molar-refractivity contribution in [1.82, 2.24) is 15.1 Å². The Morgan fingerprint density at radius 1 is 1.29 bits per heavy atom. The van der Waals surface area contributed by atoms with Gasteiger partial charge in [-0.2, -0.15) is 0 Å². The zero-order chi connectivity index (χ0) is 14.4. The number of likely N-dealkylation sites (tertiary alicyclic amines) is 1. The van der Waals surface area contributed by atoms with E-state index in [1.807, 2.05) is 7.05 Å². The van der Waals surface area contributed by atoms with E-state index in [9.17, 15) is 0 Å². The maximum Gasteiger partial charge on any atom is 0.169 e. The molecule has 2 unspecified atom stereocenters. The highest BCUT2D eigenvalue weighted by atomic mass is 32.1. The molecule has 4 rings (SSSR count). The fourth-order valence-corrected chi connectivity index (χ4v) is 5.55. The van der Waals surface area contributed by atoms with Crippen LogP contribution in [0.4, 0.5) is 0 Å². The van der Waals surface area contributed by atoms with Gasteiger partial charge in [0.1, 0.15) is 0 Å². The van der Waals surface area contributed by atoms with E-state index in [2.05, 4.69) is 21.2 Å². The highest BCUT2D eigenvalue weighted by molar-refractivity contribution is 7.80. The van der Waals surface area contributed by atoms with Crippen LogP contribution in [0.2, 0.25) is 0 Å². The summed E-state index contributed by atoms with van der Waals surface area (Å²) in [7, 11) is 1.97. The van der Waals surface area contributed by atoms with Crippen LogP contribution < -0.4 is 5.32 Å². The fraction of sp³-hybridized carbons (Fsp3) is 0.824. The van der Waals surface area contributed by atoms with Crippen LogP contribution in [0.3, 0.4) is 0 Å². The molecule has 3 saturated heterocycles. The Kier molecular flexibility index (Phi) is 3.70. The smallest absolute Gasteiger partial charge is 0.169 e. The van der Waals surface area contributed by atoms with Gasteiger partial charge in [-0.3, -0.25) is 4.90 Å². The molecule has 2 bridgehead atoms. The lowest BCUT2D eigenvalue weighted by atomic mass is 9.68. The second kappa shape index (κ2) is 5.54. The van der Waals surface area contributed by atoms with E-state index >= 15 is 0 Å². The third-order valence-electron chi connectivity index (χ3n) is 6.13. The first-order valence-corrected chi connectivity index (χ1v) is 9.11. The molecule has 1 N–H and O–H groups in total. The number of nitrogens with zero attached hydrogens (tertiary/aromatic N) is 2. The van der Waals surface area contributed by atoms with Crippen molar-refractivity contribution in [2.45, 2.75) is 50.6 Å². The van der Waals surface area contributed by atoms with E-state index in [-0.39, 0.29) is 0 Å². The highest BCUT2D eigenvalue weighted by Gasteiger charge is 2.46. The van der Waals surface area contributed by atoms with Crippen molar-refractivity contribution in [2.24, 2.45) is 11.8 Å². The third-order valence-corrected chi connectivity index (χ3v) is 6.57. The van der Waals surface area contributed by atoms with Crippen LogP contribution in [-0.2, 0) is 0 Å². The lowest BCUT2D eigenvalue weighted by Crippen LogP contribution is -2.60. The fourth-order valence-electron chi connectivity index (χ4n) is 5.34. The predicted molar refractivity (Wildman–Crippen MR) is 90.3 cm³/mol. The Morgan fingerprint density at radius 3 is 3.05 bits per heavy atom. The highest BCUT2D eigenvalue weighted by Crippen LogP contribution is 2.44. The molecule has 4 aliphatic rings. The van der Waals surface area contributed by atoms with Crippen LogP contribution >= 0.6 is 12.2 Å². The maximum absolute atomic E-state index is 5.58. The first-order valence-electron chi connectivity index (χ1n) is 8.71. The maximum atomic E-state index is 5.58. The summed E-state index contributed by atoms with van der Waals surface area (Å²) in [6.45, 7) is 3.75. The van der Waals surface area contributed by atoms with E-state index in [1.54, 1.807) is 5.57 Å². The molecule has 0 aromatic carbocycles. The number of thiocarbonyl (C=S) groups is 1. The summed E-state index contributed by atoms with van der Waals surface area (Å²) in [4.78, 5) is 5.28. The van der Waals surface area contributed by atoms with Gasteiger partial charge in [0, 0.05) is 26.2 Å². The van der Waals surface area contributed by atoms with Crippen LogP contribution in [0.1, 0.15) is 38.5 Å². The number of nitrogens with one attached hydrogen (secondary N) is 1. The van der Waals surface area contributed by atoms with E-state index in [4.69, 9.17) is 12.2 Å². The largest absolute Gasteiger partial charge is 0.366 e. The average Bonchev–Trinajstić information content (AvgIpc) is 2.53. The van der Waals surface area contributed by atoms with Crippen LogP contribution in [-0.4, -0.2) is 53.7 Å². The minimum Gasteiger partial charge on any atom is -0.366 e. The molecule has 3 fully saturated rings. The minimum atomic E-state index is 0.581. The molecule has 3 aliphatic heterocycles. The number of piperidine rings is 3. The second-order valence-electron chi connectivity index (χ2n) is 7.26. The van der Waals surface area contributed by atoms with E-state index < -0.39 is 0 Å². The lowest BCUT2D eigenvalue weighted by Gasteiger charge is -2.55. The normalized spacial score (nSPS) is 39.1. The molecule has 0 amide bonds. The molecule has 21 heavy (non-hydrogen) atoms. The van der Waals surface area contributed by atoms with Gasteiger partial charge >= 0.3 is 0 Å². The number of hydrogen-bond acceptors (Lipinski definition) is 2. The Hall–Kier alpha value is -0.610. The van der Waals surface area contributed by atoms with Crippen molar-refractivity contribution in [2.75, 3.05) is 26.7 Å². The molecule has 0 radical (unpaired) electrons. The SMILES string of the molecule is CNC(=S)N1CCCC2=CC3CC(CN4CCCC[C@H]34)[C@@H]21. The standard InChI is InChI=1S/C17H27N3S/c1-18-17(21)20-8-4-5-12-9-13-10-14(16(12)20)11-19-7-3-2-6-15(13)19/h9,13-16H,2-8,10-11H2,1H3,(H,18,21)/t13?,14?,15-,16-/m1/s1. The number of hydrogen-bond donors (Lipinski definition) is 1. The van der Waals surface area contributed by atoms with Gasteiger partial charge < -0.3 is 10.2 Å². The van der Waals surface area contributed by atoms with E-state index in [0.717, 1.165) is 29.5 Å². The van der Waals surface area contributed by atoms with Crippen molar-refractivity contribution >= 4 is 17.3 Å². The summed E-state index contributed by atoms with van der Waals surface area (Å²) >= 11 is 5.58. The Bertz CT molecular complexity index is 461. The topological polar surface area (TPSA) is 18.5 Å². The summed E-state index contributed by atoms with van der Waals surface area (Å²) in [6.07, 6.45) is 10.9. The number of rotatable bonds is 0. The monoisotopic (exact) mass is 305 g/mol. The van der Waals surface area contributed by atoms with Crippen molar-refractivity contribution in [3.8, 4) is 0 Å². The summed E-state index contributed by atoms with van der Waals surface area (Å²) in [5, 5.41) is 4.16. The Balaban J connectivity index is 1.64. The minimum absolute atomic E-state index is 0.581. The third kappa shape index (κ3) is 2.31. The molecule has 3 heterocycles. The summed E-state index contributed by atoms with van der Waals surface area (Å²) in [5.74, 6) is 1.61. The molecule has 0 aromatic rings. The molecule has 1 aliphatic carbocycles. The lowest BCUT2D eigenvalue weighted by molar-refractivity contribution is 0.0128. The molecule has 0 saturated carbocycles. The zero-order valence-corrected chi connectivity index (χ0v) is 13.9. The van der Waals surface area contributed by atoms with Gasteiger partial charge in [-0.15, -0.1) is 0 Å². The van der Waals surface area contributed by atoms with Gasteiger partial charge in [-0.25, -0.2) is 0 Å². The van der Waals surface area contributed by atoms with E-state index in [0.29, 0.717) is 6.04 Å². The Labute approximate surface area is 133 Å². The van der Waals surface area contributed by atoms with Gasteiger partial charge in [0.15, 0.2) is 5.11 Å². The van der Waals surface area contributed by atoms with Gasteiger partial charge in [-0.05, 0) is 62.7 Å². The zero-order valence-electron chi connectivity index (χ0n) is 13.1. The van der Waals surface area contributed by atoms with Crippen LogP contribution in [0.25, 0.3) is 0 Å². The Morgan fingerprint density at radius 2 is 2.19 bits per heavy atom. The molecular formula is C17H27N3S. The quantitative estimate of drug-likeness (QED) is 0.547. The van der Waals surface area contributed by atoms with Gasteiger partial charge in [0.05, 0.1) is 6.04 Å². The predicted octanol–water partition coefficient (Wildman–Crippen LogP) is 2.39. The molecule has 4 heteroatoms. The molecule has 0 spiro atoms. The van der Waals surface area contributed by atoms with Crippen molar-refractivity contribution < 1.29 is 0 Å². The van der Waals surface area contributed by atoms with Crippen molar-refractivity contribution in [3.05, 3.63) is 11.6 Å². The van der Waals surface area contributed by atoms with Crippen molar-refractivity contribution in [1.29, 1.82) is 0 Å². The molecule has 4 atom stereocenters. The summed E-state index contributed by atoms with van der Waals surface area (Å²) < 4.78 is 0. The molecular weight excluding hydrogens is 278 g/mol. The average molecular weight is 305 g/mol. The first kappa shape index (κ1) is 14.0. The van der Waals surface area contributed by atoms with Crippen LogP contribution in [0.5, 0.6) is 0 Å². The van der Waals surface area contributed by atoms with Gasteiger partial charge in [-0.1, -0.05) is 18.1 Å². The summed E-state index contributed by atoms with van der Waals surface area (Å²) in [5.41, 5.74) is 1.70.